The van der Waals surface area contributed by atoms with Crippen molar-refractivity contribution in [3.63, 3.8) is 0 Å². The molecular formula is C21H26N2O4S2. The minimum absolute atomic E-state index is 0.149. The molecule has 1 N–H and O–H groups in total. The molecule has 29 heavy (non-hydrogen) atoms. The summed E-state index contributed by atoms with van der Waals surface area (Å²) in [4.78, 5) is 40.3. The van der Waals surface area contributed by atoms with Gasteiger partial charge in [0.25, 0.3) is 0 Å². The molecule has 0 bridgehead atoms. The third-order valence-corrected chi connectivity index (χ3v) is 6.28. The van der Waals surface area contributed by atoms with E-state index in [9.17, 15) is 14.4 Å². The van der Waals surface area contributed by atoms with Crippen LogP contribution >= 0.6 is 23.1 Å². The van der Waals surface area contributed by atoms with Gasteiger partial charge in [0.2, 0.25) is 5.91 Å². The monoisotopic (exact) mass is 434 g/mol. The number of nitrogens with one attached hydrogen (secondary N) is 1. The molecule has 0 aliphatic heterocycles. The van der Waals surface area contributed by atoms with Gasteiger partial charge in [-0.15, -0.1) is 23.1 Å². The van der Waals surface area contributed by atoms with Crippen LogP contribution in [0, 0.1) is 6.92 Å². The largest absolute Gasteiger partial charge is 0.462 e. The van der Waals surface area contributed by atoms with E-state index in [2.05, 4.69) is 17.4 Å². The summed E-state index contributed by atoms with van der Waals surface area (Å²) < 4.78 is 5.10. The fourth-order valence-corrected chi connectivity index (χ4v) is 4.41. The van der Waals surface area contributed by atoms with Gasteiger partial charge in [0, 0.05) is 11.4 Å². The van der Waals surface area contributed by atoms with Crippen LogP contribution in [0.1, 0.15) is 45.0 Å². The Morgan fingerprint density at radius 3 is 2.41 bits per heavy atom. The van der Waals surface area contributed by atoms with Crippen LogP contribution < -0.4 is 5.32 Å². The minimum Gasteiger partial charge on any atom is -0.462 e. The van der Waals surface area contributed by atoms with Gasteiger partial charge in [0.15, 0.2) is 5.78 Å². The molecule has 6 nitrogen and oxygen atoms in total. The first-order chi connectivity index (χ1) is 13.8. The molecule has 0 aliphatic rings. The predicted octanol–water partition coefficient (Wildman–Crippen LogP) is 4.23. The second kappa shape index (κ2) is 10.6. The quantitative estimate of drug-likeness (QED) is 0.362. The Bertz CT molecular complexity index is 891. The van der Waals surface area contributed by atoms with Gasteiger partial charge in [-0.25, -0.2) is 4.79 Å². The number of nitrogens with zero attached hydrogens (tertiary/aromatic N) is 1. The number of thioether (sulfide) groups is 1. The lowest BCUT2D eigenvalue weighted by Crippen LogP contribution is -2.30. The van der Waals surface area contributed by atoms with Crippen LogP contribution in [0.4, 0.5) is 5.00 Å². The van der Waals surface area contributed by atoms with Crippen LogP contribution in [0.15, 0.2) is 29.2 Å². The van der Waals surface area contributed by atoms with Crippen LogP contribution in [-0.4, -0.2) is 49.0 Å². The molecule has 1 aromatic heterocycles. The van der Waals surface area contributed by atoms with E-state index in [4.69, 9.17) is 4.74 Å². The van der Waals surface area contributed by atoms with E-state index < -0.39 is 5.97 Å². The molecule has 1 amide bonds. The van der Waals surface area contributed by atoms with Gasteiger partial charge >= 0.3 is 5.97 Å². The average Bonchev–Trinajstić information content (AvgIpc) is 2.98. The van der Waals surface area contributed by atoms with Gasteiger partial charge < -0.3 is 10.1 Å². The normalized spacial score (nSPS) is 10.8. The molecule has 0 unspecified atom stereocenters. The molecular weight excluding hydrogens is 408 g/mol. The number of esters is 1. The second-order valence-corrected chi connectivity index (χ2v) is 8.51. The summed E-state index contributed by atoms with van der Waals surface area (Å²) in [6.07, 6.45) is 2.03. The zero-order valence-electron chi connectivity index (χ0n) is 17.3. The molecule has 0 saturated carbocycles. The number of rotatable bonds is 9. The summed E-state index contributed by atoms with van der Waals surface area (Å²) in [7, 11) is 1.86. The topological polar surface area (TPSA) is 75.7 Å². The molecule has 0 radical (unpaired) electrons. The van der Waals surface area contributed by atoms with Crippen molar-refractivity contribution < 1.29 is 19.1 Å². The van der Waals surface area contributed by atoms with E-state index in [1.807, 2.05) is 30.3 Å². The highest BCUT2D eigenvalue weighted by Crippen LogP contribution is 2.34. The van der Waals surface area contributed by atoms with Crippen molar-refractivity contribution in [3.8, 4) is 0 Å². The van der Waals surface area contributed by atoms with Crippen LogP contribution in [0.5, 0.6) is 0 Å². The minimum atomic E-state index is -0.536. The molecule has 0 saturated heterocycles. The number of anilines is 1. The number of amides is 1. The van der Waals surface area contributed by atoms with Crippen molar-refractivity contribution in [2.45, 2.75) is 32.2 Å². The molecule has 0 aliphatic carbocycles. The van der Waals surface area contributed by atoms with Crippen molar-refractivity contribution in [1.29, 1.82) is 0 Å². The van der Waals surface area contributed by atoms with Crippen molar-refractivity contribution in [1.82, 2.24) is 4.90 Å². The number of benzene rings is 1. The molecule has 8 heteroatoms. The fourth-order valence-electron chi connectivity index (χ4n) is 2.90. The maximum Gasteiger partial charge on any atom is 0.341 e. The zero-order chi connectivity index (χ0) is 21.6. The molecule has 2 rings (SSSR count). The first kappa shape index (κ1) is 23.1. The Hall–Kier alpha value is -2.16. The fraction of sp³-hybridized carbons (Fsp3) is 0.381. The van der Waals surface area contributed by atoms with Crippen LogP contribution in [-0.2, 0) is 16.1 Å². The Balaban J connectivity index is 2.09. The number of ketones is 1. The van der Waals surface area contributed by atoms with E-state index >= 15 is 0 Å². The summed E-state index contributed by atoms with van der Waals surface area (Å²) in [5.41, 5.74) is 1.90. The molecule has 0 atom stereocenters. The van der Waals surface area contributed by atoms with Gasteiger partial charge in [-0.1, -0.05) is 12.1 Å². The third-order valence-electron chi connectivity index (χ3n) is 4.22. The standard InChI is InChI=1S/C21H26N2O4S2/c1-6-27-21(26)18-13(2)19(14(3)24)29-20(18)22-17(25)12-23(4)11-15-7-9-16(28-5)10-8-15/h7-10H,6,11-12H2,1-5H3,(H,22,25). The van der Waals surface area contributed by atoms with Crippen molar-refractivity contribution >= 4 is 45.8 Å². The summed E-state index contributed by atoms with van der Waals surface area (Å²) in [5, 5.41) is 3.14. The number of hydrogen-bond donors (Lipinski definition) is 1. The molecule has 0 spiro atoms. The van der Waals surface area contributed by atoms with Crippen molar-refractivity contribution in [3.05, 3.63) is 45.8 Å². The Morgan fingerprint density at radius 2 is 1.86 bits per heavy atom. The first-order valence-electron chi connectivity index (χ1n) is 9.19. The second-order valence-electron chi connectivity index (χ2n) is 6.61. The van der Waals surface area contributed by atoms with Gasteiger partial charge in [-0.3, -0.25) is 14.5 Å². The first-order valence-corrected chi connectivity index (χ1v) is 11.2. The van der Waals surface area contributed by atoms with Gasteiger partial charge in [0.1, 0.15) is 5.00 Å². The Kier molecular flexibility index (Phi) is 8.43. The average molecular weight is 435 g/mol. The lowest BCUT2D eigenvalue weighted by Gasteiger charge is -2.16. The number of carbonyl (C=O) groups is 3. The summed E-state index contributed by atoms with van der Waals surface area (Å²) in [5.74, 6) is -0.939. The number of Topliss-reactive ketones (excluding diaryl/α,β-unsaturated/α-hetero) is 1. The molecule has 156 valence electrons. The van der Waals surface area contributed by atoms with Crippen LogP contribution in [0.2, 0.25) is 0 Å². The zero-order valence-corrected chi connectivity index (χ0v) is 19.0. The smallest absolute Gasteiger partial charge is 0.341 e. The van der Waals surface area contributed by atoms with Crippen LogP contribution in [0.3, 0.4) is 0 Å². The van der Waals surface area contributed by atoms with E-state index in [0.717, 1.165) is 16.9 Å². The number of hydrogen-bond acceptors (Lipinski definition) is 7. The third kappa shape index (κ3) is 6.16. The molecule has 1 aromatic carbocycles. The highest BCUT2D eigenvalue weighted by molar-refractivity contribution is 7.98. The number of carbonyl (C=O) groups excluding carboxylic acids is 3. The Labute approximate surface area is 179 Å². The maximum absolute atomic E-state index is 12.6. The highest BCUT2D eigenvalue weighted by atomic mass is 32.2. The van der Waals surface area contributed by atoms with Gasteiger partial charge in [0.05, 0.1) is 23.6 Å². The number of thiophene rings is 1. The van der Waals surface area contributed by atoms with Gasteiger partial charge in [-0.05, 0) is 57.3 Å². The van der Waals surface area contributed by atoms with E-state index in [0.29, 0.717) is 22.0 Å². The summed E-state index contributed by atoms with van der Waals surface area (Å²) in [6, 6.07) is 8.19. The Morgan fingerprint density at radius 1 is 1.21 bits per heavy atom. The lowest BCUT2D eigenvalue weighted by molar-refractivity contribution is -0.117. The number of likely N-dealkylation sites (N-methyl/N-ethyl adjacent to an activating group) is 1. The van der Waals surface area contributed by atoms with Crippen LogP contribution in [0.25, 0.3) is 0 Å². The van der Waals surface area contributed by atoms with E-state index in [1.54, 1.807) is 25.6 Å². The maximum atomic E-state index is 12.6. The molecule has 0 fully saturated rings. The number of ether oxygens (including phenoxy) is 1. The summed E-state index contributed by atoms with van der Waals surface area (Å²) >= 11 is 2.79. The lowest BCUT2D eigenvalue weighted by atomic mass is 10.1. The highest BCUT2D eigenvalue weighted by Gasteiger charge is 2.25. The van der Waals surface area contributed by atoms with Gasteiger partial charge in [-0.2, -0.15) is 0 Å². The molecule has 1 heterocycles. The summed E-state index contributed by atoms with van der Waals surface area (Å²) in [6.45, 7) is 5.84. The van der Waals surface area contributed by atoms with E-state index in [-0.39, 0.29) is 30.4 Å². The van der Waals surface area contributed by atoms with Crippen molar-refractivity contribution in [2.24, 2.45) is 0 Å². The predicted molar refractivity (Wildman–Crippen MR) is 118 cm³/mol. The SMILES string of the molecule is CCOC(=O)c1c(NC(=O)CN(C)Cc2ccc(SC)cc2)sc(C(C)=O)c1C. The molecule has 2 aromatic rings. The van der Waals surface area contributed by atoms with Crippen molar-refractivity contribution in [2.75, 3.05) is 31.8 Å². The van der Waals surface area contributed by atoms with E-state index in [1.165, 1.54) is 11.8 Å².